The third-order valence-electron chi connectivity index (χ3n) is 2.06. The van der Waals surface area contributed by atoms with E-state index in [9.17, 15) is 9.18 Å². The molecule has 0 aliphatic rings. The van der Waals surface area contributed by atoms with Crippen LogP contribution in [0.4, 0.5) is 10.1 Å². The molecule has 0 aliphatic carbocycles. The van der Waals surface area contributed by atoms with Crippen molar-refractivity contribution < 1.29 is 13.9 Å². The molecule has 0 spiro atoms. The van der Waals surface area contributed by atoms with Crippen molar-refractivity contribution in [2.75, 3.05) is 26.4 Å². The number of anilines is 1. The Morgan fingerprint density at radius 3 is 2.75 bits per heavy atom. The van der Waals surface area contributed by atoms with Gasteiger partial charge in [0.25, 0.3) is 0 Å². The van der Waals surface area contributed by atoms with Gasteiger partial charge in [0, 0.05) is 14.1 Å². The first-order chi connectivity index (χ1) is 7.52. The van der Waals surface area contributed by atoms with E-state index < -0.39 is 5.82 Å². The lowest BCUT2D eigenvalue weighted by Crippen LogP contribution is -2.23. The molecule has 4 nitrogen and oxygen atoms in total. The monoisotopic (exact) mass is 226 g/mol. The molecule has 5 heteroatoms. The molecule has 0 radical (unpaired) electrons. The number of hydrogen-bond acceptors (Lipinski definition) is 3. The second-order valence-electron chi connectivity index (χ2n) is 3.54. The first kappa shape index (κ1) is 12.3. The molecular weight excluding hydrogens is 211 g/mol. The van der Waals surface area contributed by atoms with E-state index in [4.69, 9.17) is 10.5 Å². The Morgan fingerprint density at radius 1 is 1.50 bits per heavy atom. The molecule has 0 atom stereocenters. The van der Waals surface area contributed by atoms with Crippen molar-refractivity contribution in [3.05, 3.63) is 24.0 Å². The zero-order valence-corrected chi connectivity index (χ0v) is 9.37. The van der Waals surface area contributed by atoms with E-state index in [1.807, 2.05) is 0 Å². The highest BCUT2D eigenvalue weighted by atomic mass is 19.1. The van der Waals surface area contributed by atoms with E-state index in [2.05, 4.69) is 0 Å². The standard InChI is InChI=1S/C11H15FN2O2/c1-14(2)10(15)6-7-16-11-8(12)4-3-5-9(11)13/h3-5H,6-7,13H2,1-2H3. The molecule has 0 bridgehead atoms. The van der Waals surface area contributed by atoms with E-state index in [0.29, 0.717) is 0 Å². The van der Waals surface area contributed by atoms with Crippen LogP contribution >= 0.6 is 0 Å². The molecule has 1 amide bonds. The summed E-state index contributed by atoms with van der Waals surface area (Å²) in [6.45, 7) is 0.113. The maximum atomic E-state index is 13.2. The van der Waals surface area contributed by atoms with Gasteiger partial charge in [-0.1, -0.05) is 6.07 Å². The fourth-order valence-electron chi connectivity index (χ4n) is 1.14. The Labute approximate surface area is 93.8 Å². The number of carbonyl (C=O) groups is 1. The molecular formula is C11H15FN2O2. The first-order valence-electron chi connectivity index (χ1n) is 4.89. The third kappa shape index (κ3) is 3.12. The van der Waals surface area contributed by atoms with E-state index in [1.54, 1.807) is 20.2 Å². The predicted molar refractivity (Wildman–Crippen MR) is 59.6 cm³/mol. The average molecular weight is 226 g/mol. The summed E-state index contributed by atoms with van der Waals surface area (Å²) in [6.07, 6.45) is 0.195. The maximum absolute atomic E-state index is 13.2. The molecule has 16 heavy (non-hydrogen) atoms. The van der Waals surface area contributed by atoms with Gasteiger partial charge in [-0.05, 0) is 12.1 Å². The molecule has 0 unspecified atom stereocenters. The minimum absolute atomic E-state index is 0.00839. The summed E-state index contributed by atoms with van der Waals surface area (Å²) in [4.78, 5) is 12.7. The van der Waals surface area contributed by atoms with Crippen molar-refractivity contribution in [1.29, 1.82) is 0 Å². The normalized spacial score (nSPS) is 9.94. The number of ether oxygens (including phenoxy) is 1. The molecule has 1 rings (SSSR count). The fourth-order valence-corrected chi connectivity index (χ4v) is 1.14. The quantitative estimate of drug-likeness (QED) is 0.786. The molecule has 0 saturated carbocycles. The van der Waals surface area contributed by atoms with Crippen LogP contribution < -0.4 is 10.5 Å². The Hall–Kier alpha value is -1.78. The van der Waals surface area contributed by atoms with Crippen molar-refractivity contribution in [2.45, 2.75) is 6.42 Å². The number of nitrogens with two attached hydrogens (primary N) is 1. The minimum atomic E-state index is -0.516. The number of nitrogen functional groups attached to an aromatic ring is 1. The van der Waals surface area contributed by atoms with Gasteiger partial charge >= 0.3 is 0 Å². The van der Waals surface area contributed by atoms with Crippen LogP contribution in [0.15, 0.2) is 18.2 Å². The molecule has 2 N–H and O–H groups in total. The van der Waals surface area contributed by atoms with Gasteiger partial charge in [0.05, 0.1) is 18.7 Å². The van der Waals surface area contributed by atoms with Crippen LogP contribution in [0, 0.1) is 5.82 Å². The van der Waals surface area contributed by atoms with Crippen LogP contribution in [0.3, 0.4) is 0 Å². The molecule has 0 saturated heterocycles. The lowest BCUT2D eigenvalue weighted by atomic mass is 10.3. The largest absolute Gasteiger partial charge is 0.488 e. The number of nitrogens with zero attached hydrogens (tertiary/aromatic N) is 1. The van der Waals surface area contributed by atoms with Gasteiger partial charge in [-0.2, -0.15) is 0 Å². The van der Waals surface area contributed by atoms with Gasteiger partial charge in [0.1, 0.15) is 0 Å². The van der Waals surface area contributed by atoms with Gasteiger partial charge in [-0.3, -0.25) is 4.79 Å². The topological polar surface area (TPSA) is 55.6 Å². The lowest BCUT2D eigenvalue weighted by molar-refractivity contribution is -0.129. The van der Waals surface area contributed by atoms with E-state index in [0.717, 1.165) is 0 Å². The molecule has 0 fully saturated rings. The van der Waals surface area contributed by atoms with Crippen molar-refractivity contribution in [3.63, 3.8) is 0 Å². The summed E-state index contributed by atoms with van der Waals surface area (Å²) < 4.78 is 18.4. The van der Waals surface area contributed by atoms with Crippen molar-refractivity contribution in [3.8, 4) is 5.75 Å². The summed E-state index contributed by atoms with van der Waals surface area (Å²) in [6, 6.07) is 4.31. The van der Waals surface area contributed by atoms with E-state index in [1.165, 1.54) is 17.0 Å². The van der Waals surface area contributed by atoms with Crippen molar-refractivity contribution >= 4 is 11.6 Å². The molecule has 0 heterocycles. The van der Waals surface area contributed by atoms with Gasteiger partial charge in [-0.25, -0.2) is 4.39 Å². The Morgan fingerprint density at radius 2 is 2.19 bits per heavy atom. The third-order valence-corrected chi connectivity index (χ3v) is 2.06. The zero-order chi connectivity index (χ0) is 12.1. The summed E-state index contributed by atoms with van der Waals surface area (Å²) in [5, 5.41) is 0. The van der Waals surface area contributed by atoms with Crippen molar-refractivity contribution in [2.24, 2.45) is 0 Å². The minimum Gasteiger partial charge on any atom is -0.488 e. The Bertz CT molecular complexity index is 360. The summed E-state index contributed by atoms with van der Waals surface area (Å²) in [7, 11) is 3.31. The molecule has 88 valence electrons. The second-order valence-corrected chi connectivity index (χ2v) is 3.54. The number of benzene rings is 1. The van der Waals surface area contributed by atoms with Gasteiger partial charge in [-0.15, -0.1) is 0 Å². The number of hydrogen-bond donors (Lipinski definition) is 1. The molecule has 0 aromatic heterocycles. The highest BCUT2D eigenvalue weighted by molar-refractivity contribution is 5.75. The highest BCUT2D eigenvalue weighted by Gasteiger charge is 2.09. The maximum Gasteiger partial charge on any atom is 0.225 e. The summed E-state index contributed by atoms with van der Waals surface area (Å²) >= 11 is 0. The van der Waals surface area contributed by atoms with Crippen LogP contribution in [0.25, 0.3) is 0 Å². The number of para-hydroxylation sites is 1. The van der Waals surface area contributed by atoms with Crippen LogP contribution in [-0.2, 0) is 4.79 Å². The summed E-state index contributed by atoms with van der Waals surface area (Å²) in [5.41, 5.74) is 5.77. The smallest absolute Gasteiger partial charge is 0.225 e. The van der Waals surface area contributed by atoms with Crippen LogP contribution in [0.2, 0.25) is 0 Å². The predicted octanol–water partition coefficient (Wildman–Crippen LogP) is 1.26. The lowest BCUT2D eigenvalue weighted by Gasteiger charge is -2.12. The van der Waals surface area contributed by atoms with Gasteiger partial charge in [0.15, 0.2) is 11.6 Å². The Kier molecular flexibility index (Phi) is 4.10. The molecule has 0 aliphatic heterocycles. The van der Waals surface area contributed by atoms with Crippen LogP contribution in [0.1, 0.15) is 6.42 Å². The fraction of sp³-hybridized carbons (Fsp3) is 0.364. The van der Waals surface area contributed by atoms with Crippen LogP contribution in [0.5, 0.6) is 5.75 Å². The summed E-state index contributed by atoms with van der Waals surface area (Å²) in [5.74, 6) is -0.582. The number of carbonyl (C=O) groups excluding carboxylic acids is 1. The highest BCUT2D eigenvalue weighted by Crippen LogP contribution is 2.24. The zero-order valence-electron chi connectivity index (χ0n) is 9.37. The second kappa shape index (κ2) is 5.34. The molecule has 1 aromatic carbocycles. The van der Waals surface area contributed by atoms with Crippen LogP contribution in [-0.4, -0.2) is 31.5 Å². The number of amides is 1. The van der Waals surface area contributed by atoms with E-state index in [-0.39, 0.29) is 30.4 Å². The first-order valence-corrected chi connectivity index (χ1v) is 4.89. The van der Waals surface area contributed by atoms with Gasteiger partial charge in [0.2, 0.25) is 5.91 Å². The molecule has 1 aromatic rings. The van der Waals surface area contributed by atoms with Gasteiger partial charge < -0.3 is 15.4 Å². The number of rotatable bonds is 4. The van der Waals surface area contributed by atoms with E-state index >= 15 is 0 Å². The average Bonchev–Trinajstić information content (AvgIpc) is 2.22. The Balaban J connectivity index is 2.52. The van der Waals surface area contributed by atoms with Crippen molar-refractivity contribution in [1.82, 2.24) is 4.90 Å². The SMILES string of the molecule is CN(C)C(=O)CCOc1c(N)cccc1F. The number of halogens is 1.